The molecule has 0 atom stereocenters. The van der Waals surface area contributed by atoms with Crippen LogP contribution in [0.15, 0.2) is 137 Å². The minimum atomic E-state index is 0.0677. The molecule has 0 unspecified atom stereocenters. The molecule has 202 valence electrons. The van der Waals surface area contributed by atoms with Crippen LogP contribution in [-0.2, 0) is 10.8 Å². The van der Waals surface area contributed by atoms with Crippen molar-refractivity contribution in [3.63, 3.8) is 0 Å². The Morgan fingerprint density at radius 3 is 1.38 bits per heavy atom. The second-order valence-electron chi connectivity index (χ2n) is 12.3. The molecule has 2 heteroatoms. The molecule has 0 saturated heterocycles. The number of nitrogens with zero attached hydrogens (tertiary/aromatic N) is 1. The number of hydrogen-bond donors (Lipinski definition) is 0. The van der Waals surface area contributed by atoms with Crippen LogP contribution in [0.4, 0.5) is 0 Å². The second kappa shape index (κ2) is 11.4. The van der Waals surface area contributed by atoms with Gasteiger partial charge in [0.05, 0.1) is 16.7 Å². The van der Waals surface area contributed by atoms with Crippen LogP contribution >= 0.6 is 11.8 Å². The van der Waals surface area contributed by atoms with Crippen molar-refractivity contribution in [1.29, 1.82) is 0 Å². The zero-order valence-electron chi connectivity index (χ0n) is 24.5. The lowest BCUT2D eigenvalue weighted by Gasteiger charge is -2.28. The molecule has 0 spiro atoms. The summed E-state index contributed by atoms with van der Waals surface area (Å²) in [5, 5.41) is 2.63. The Bertz CT molecular complexity index is 1620. The summed E-state index contributed by atoms with van der Waals surface area (Å²) in [5.74, 6) is 0. The topological polar surface area (TPSA) is 4.93 Å². The quantitative estimate of drug-likeness (QED) is 0.216. The molecule has 0 amide bonds. The van der Waals surface area contributed by atoms with E-state index in [1.165, 1.54) is 48.4 Å². The van der Waals surface area contributed by atoms with Gasteiger partial charge in [0, 0.05) is 20.6 Å². The van der Waals surface area contributed by atoms with E-state index in [0.29, 0.717) is 0 Å². The molecule has 0 aliphatic heterocycles. The maximum Gasteiger partial charge on any atom is 0.0541 e. The third-order valence-electron chi connectivity index (χ3n) is 7.21. The molecule has 0 radical (unpaired) electrons. The molecule has 0 N–H and O–H groups in total. The van der Waals surface area contributed by atoms with E-state index < -0.39 is 0 Å². The molecule has 1 aromatic heterocycles. The van der Waals surface area contributed by atoms with Crippen molar-refractivity contribution in [2.75, 3.05) is 0 Å². The summed E-state index contributed by atoms with van der Waals surface area (Å²) in [6.45, 7) is 13.8. The summed E-state index contributed by atoms with van der Waals surface area (Å²) in [4.78, 5) is 2.57. The molecule has 6 rings (SSSR count). The number of benzene rings is 5. The number of hydrogen-bond acceptors (Lipinski definition) is 1. The van der Waals surface area contributed by atoms with Gasteiger partial charge in [0.25, 0.3) is 0 Å². The minimum absolute atomic E-state index is 0.0677. The van der Waals surface area contributed by atoms with Gasteiger partial charge < -0.3 is 4.57 Å². The fourth-order valence-electron chi connectivity index (χ4n) is 5.11. The molecule has 6 aromatic rings. The van der Waals surface area contributed by atoms with E-state index in [1.54, 1.807) is 11.8 Å². The van der Waals surface area contributed by atoms with Crippen molar-refractivity contribution in [2.45, 2.75) is 62.2 Å². The van der Waals surface area contributed by atoms with Gasteiger partial charge in [-0.2, -0.15) is 0 Å². The van der Waals surface area contributed by atoms with E-state index in [1.807, 2.05) is 12.1 Å². The molecule has 1 nitrogen and oxygen atoms in total. The Morgan fingerprint density at radius 2 is 0.925 bits per heavy atom. The van der Waals surface area contributed by atoms with E-state index in [-0.39, 0.29) is 10.8 Å². The van der Waals surface area contributed by atoms with Crippen molar-refractivity contribution < 1.29 is 0 Å². The maximum absolute atomic E-state index is 2.46. The van der Waals surface area contributed by atoms with Crippen LogP contribution in [0.1, 0.15) is 52.7 Å². The molecule has 0 saturated carbocycles. The average molecular weight is 542 g/mol. The molecule has 40 heavy (non-hydrogen) atoms. The molecule has 0 bridgehead atoms. The highest BCUT2D eigenvalue weighted by molar-refractivity contribution is 7.99. The van der Waals surface area contributed by atoms with Crippen LogP contribution in [0, 0.1) is 0 Å². The largest absolute Gasteiger partial charge is 0.309 e. The van der Waals surface area contributed by atoms with Gasteiger partial charge in [-0.05, 0) is 64.4 Å². The highest BCUT2D eigenvalue weighted by atomic mass is 32.2. The zero-order chi connectivity index (χ0) is 28.3. The average Bonchev–Trinajstić information content (AvgIpc) is 3.28. The van der Waals surface area contributed by atoms with Gasteiger partial charge in [-0.3, -0.25) is 0 Å². The van der Waals surface area contributed by atoms with Crippen LogP contribution in [-0.4, -0.2) is 4.57 Å². The Balaban J connectivity index is 0.000000207. The third kappa shape index (κ3) is 6.03. The van der Waals surface area contributed by atoms with Crippen molar-refractivity contribution in [2.24, 2.45) is 0 Å². The molecular formula is C38H39NS. The van der Waals surface area contributed by atoms with E-state index in [9.17, 15) is 0 Å². The van der Waals surface area contributed by atoms with E-state index in [4.69, 9.17) is 0 Å². The standard InChI is InChI=1S/C26H29N.C12H10S/c1-25(2,3)18-15-16-21(26(4,5)6)24(17-18)27-22-13-9-7-11-19(22)20-12-8-10-14-23(20)27;1-3-7-11(8-4-1)13-12-9-5-2-6-10-12/h7-17H,1-6H3;1-10H. The molecule has 0 aliphatic rings. The number of rotatable bonds is 3. The van der Waals surface area contributed by atoms with Crippen molar-refractivity contribution in [1.82, 2.24) is 4.57 Å². The highest BCUT2D eigenvalue weighted by Gasteiger charge is 2.24. The van der Waals surface area contributed by atoms with E-state index in [0.717, 1.165) is 0 Å². The Labute approximate surface area is 243 Å². The van der Waals surface area contributed by atoms with Crippen LogP contribution in [0.3, 0.4) is 0 Å². The molecule has 0 aliphatic carbocycles. The summed E-state index contributed by atoms with van der Waals surface area (Å²) in [6.07, 6.45) is 0. The minimum Gasteiger partial charge on any atom is -0.309 e. The predicted octanol–water partition coefficient (Wildman–Crippen LogP) is 11.2. The lowest BCUT2D eigenvalue weighted by atomic mass is 9.81. The van der Waals surface area contributed by atoms with Gasteiger partial charge in [0.1, 0.15) is 0 Å². The summed E-state index contributed by atoms with van der Waals surface area (Å²) >= 11 is 1.79. The number of para-hydroxylation sites is 2. The monoisotopic (exact) mass is 541 g/mol. The van der Waals surface area contributed by atoms with Crippen LogP contribution in [0.2, 0.25) is 0 Å². The lowest BCUT2D eigenvalue weighted by molar-refractivity contribution is 0.574. The second-order valence-corrected chi connectivity index (χ2v) is 13.5. The van der Waals surface area contributed by atoms with E-state index in [2.05, 4.69) is 161 Å². The van der Waals surface area contributed by atoms with Gasteiger partial charge in [-0.1, -0.05) is 138 Å². The molecule has 5 aromatic carbocycles. The van der Waals surface area contributed by atoms with Crippen LogP contribution in [0.25, 0.3) is 27.5 Å². The van der Waals surface area contributed by atoms with Gasteiger partial charge >= 0.3 is 0 Å². The Hall–Kier alpha value is -3.75. The van der Waals surface area contributed by atoms with E-state index >= 15 is 0 Å². The number of fused-ring (bicyclic) bond motifs is 3. The van der Waals surface area contributed by atoms with Gasteiger partial charge in [0.15, 0.2) is 0 Å². The Morgan fingerprint density at radius 1 is 0.475 bits per heavy atom. The third-order valence-corrected chi connectivity index (χ3v) is 8.23. The maximum atomic E-state index is 2.46. The number of aromatic nitrogens is 1. The van der Waals surface area contributed by atoms with Crippen LogP contribution in [0.5, 0.6) is 0 Å². The van der Waals surface area contributed by atoms with Crippen molar-refractivity contribution >= 4 is 33.6 Å². The molecular weight excluding hydrogens is 502 g/mol. The summed E-state index contributed by atoms with van der Waals surface area (Å²) < 4.78 is 2.46. The van der Waals surface area contributed by atoms with Gasteiger partial charge in [0.2, 0.25) is 0 Å². The summed E-state index contributed by atoms with van der Waals surface area (Å²) in [6, 6.07) is 45.3. The Kier molecular flexibility index (Phi) is 7.92. The van der Waals surface area contributed by atoms with Crippen LogP contribution < -0.4 is 0 Å². The summed E-state index contributed by atoms with van der Waals surface area (Å²) in [5.41, 5.74) is 6.77. The smallest absolute Gasteiger partial charge is 0.0541 e. The SMILES string of the molecule is CC(C)(C)c1ccc(C(C)(C)C)c(-n2c3ccccc3c3ccccc32)c1.c1ccc(Sc2ccccc2)cc1. The first kappa shape index (κ1) is 27.8. The van der Waals surface area contributed by atoms with Crippen molar-refractivity contribution in [3.05, 3.63) is 139 Å². The van der Waals surface area contributed by atoms with Crippen molar-refractivity contribution in [3.8, 4) is 5.69 Å². The fraction of sp³-hybridized carbons (Fsp3) is 0.211. The lowest BCUT2D eigenvalue weighted by Crippen LogP contribution is -2.18. The first-order chi connectivity index (χ1) is 19.1. The molecule has 0 fully saturated rings. The highest BCUT2D eigenvalue weighted by Crippen LogP contribution is 2.38. The normalized spacial score (nSPS) is 11.8. The zero-order valence-corrected chi connectivity index (χ0v) is 25.3. The summed E-state index contributed by atoms with van der Waals surface area (Å²) in [7, 11) is 0. The predicted molar refractivity (Wildman–Crippen MR) is 175 cm³/mol. The first-order valence-electron chi connectivity index (χ1n) is 14.0. The first-order valence-corrected chi connectivity index (χ1v) is 14.9. The van der Waals surface area contributed by atoms with Gasteiger partial charge in [-0.15, -0.1) is 0 Å². The van der Waals surface area contributed by atoms with Gasteiger partial charge in [-0.25, -0.2) is 0 Å². The fourth-order valence-corrected chi connectivity index (χ4v) is 5.97. The molecule has 1 heterocycles.